The Morgan fingerprint density at radius 3 is 2.22 bits per heavy atom. The molecule has 0 aliphatic rings. The fraction of sp³-hybridized carbons (Fsp3) is 0.231. The lowest BCUT2D eigenvalue weighted by molar-refractivity contribution is -0.141. The summed E-state index contributed by atoms with van der Waals surface area (Å²) in [5, 5.41) is 12.2. The predicted molar refractivity (Wildman–Crippen MR) is 123 cm³/mol. The minimum absolute atomic E-state index is 0.186. The predicted octanol–water partition coefficient (Wildman–Crippen LogP) is 5.32. The minimum Gasteiger partial charge on any atom is -0.495 e. The van der Waals surface area contributed by atoms with Gasteiger partial charge in [0, 0.05) is 0 Å². The standard InChI is InChI=1S/C26H27NO5/c1-3-20(26(29)30)15-19-11-14-24(31-2)23(16-19)27-25(28)17-18-9-12-22(13-10-18)32-21-7-5-4-6-8-21/h4-14,16,20H,3,15,17H2,1-2H3,(H,27,28)(H,29,30). The fourth-order valence-corrected chi connectivity index (χ4v) is 3.35. The number of carbonyl (C=O) groups excluding carboxylic acids is 1. The van der Waals surface area contributed by atoms with Crippen molar-refractivity contribution in [3.05, 3.63) is 83.9 Å². The van der Waals surface area contributed by atoms with Gasteiger partial charge in [0.25, 0.3) is 0 Å². The average Bonchev–Trinajstić information content (AvgIpc) is 2.79. The quantitative estimate of drug-likeness (QED) is 0.452. The lowest BCUT2D eigenvalue weighted by Crippen LogP contribution is -2.17. The second kappa shape index (κ2) is 11.0. The lowest BCUT2D eigenvalue weighted by atomic mass is 9.96. The van der Waals surface area contributed by atoms with Gasteiger partial charge in [-0.25, -0.2) is 0 Å². The molecule has 0 aliphatic heterocycles. The smallest absolute Gasteiger partial charge is 0.306 e. The first-order chi connectivity index (χ1) is 15.5. The number of aliphatic carboxylic acids is 1. The summed E-state index contributed by atoms with van der Waals surface area (Å²) in [7, 11) is 1.53. The number of rotatable bonds is 10. The van der Waals surface area contributed by atoms with Crippen LogP contribution in [0.3, 0.4) is 0 Å². The number of anilines is 1. The highest BCUT2D eigenvalue weighted by atomic mass is 16.5. The Morgan fingerprint density at radius 1 is 0.938 bits per heavy atom. The Balaban J connectivity index is 1.64. The average molecular weight is 434 g/mol. The molecule has 32 heavy (non-hydrogen) atoms. The topological polar surface area (TPSA) is 84.9 Å². The van der Waals surface area contributed by atoms with Crippen LogP contribution in [-0.4, -0.2) is 24.1 Å². The Morgan fingerprint density at radius 2 is 1.59 bits per heavy atom. The highest BCUT2D eigenvalue weighted by Crippen LogP contribution is 2.28. The van der Waals surface area contributed by atoms with Gasteiger partial charge in [0.2, 0.25) is 5.91 Å². The first kappa shape index (κ1) is 22.9. The molecular weight excluding hydrogens is 406 g/mol. The van der Waals surface area contributed by atoms with Gasteiger partial charge in [0.05, 0.1) is 25.1 Å². The number of ether oxygens (including phenoxy) is 2. The molecule has 0 saturated carbocycles. The molecule has 1 atom stereocenters. The van der Waals surface area contributed by atoms with Gasteiger partial charge in [-0.05, 0) is 60.4 Å². The molecule has 3 rings (SSSR count). The fourth-order valence-electron chi connectivity index (χ4n) is 3.35. The molecule has 2 N–H and O–H groups in total. The van der Waals surface area contributed by atoms with Gasteiger partial charge in [0.1, 0.15) is 17.2 Å². The Labute approximate surface area is 187 Å². The Hall–Kier alpha value is -3.80. The number of hydrogen-bond acceptors (Lipinski definition) is 4. The maximum Gasteiger partial charge on any atom is 0.306 e. The molecule has 0 aliphatic carbocycles. The monoisotopic (exact) mass is 433 g/mol. The first-order valence-electron chi connectivity index (χ1n) is 10.5. The van der Waals surface area contributed by atoms with Gasteiger partial charge in [0.15, 0.2) is 0 Å². The summed E-state index contributed by atoms with van der Waals surface area (Å²) >= 11 is 0. The van der Waals surface area contributed by atoms with E-state index in [0.29, 0.717) is 30.0 Å². The number of hydrogen-bond donors (Lipinski definition) is 2. The van der Waals surface area contributed by atoms with E-state index in [4.69, 9.17) is 9.47 Å². The molecule has 166 valence electrons. The van der Waals surface area contributed by atoms with Crippen molar-refractivity contribution in [1.29, 1.82) is 0 Å². The SMILES string of the molecule is CCC(Cc1ccc(OC)c(NC(=O)Cc2ccc(Oc3ccccc3)cc2)c1)C(=O)O. The summed E-state index contributed by atoms with van der Waals surface area (Å²) in [5.41, 5.74) is 2.20. The molecule has 6 heteroatoms. The molecule has 0 radical (unpaired) electrons. The van der Waals surface area contributed by atoms with Gasteiger partial charge < -0.3 is 19.9 Å². The van der Waals surface area contributed by atoms with E-state index < -0.39 is 11.9 Å². The van der Waals surface area contributed by atoms with E-state index in [1.54, 1.807) is 12.1 Å². The van der Waals surface area contributed by atoms with Gasteiger partial charge in [-0.2, -0.15) is 0 Å². The summed E-state index contributed by atoms with van der Waals surface area (Å²) < 4.78 is 11.1. The molecule has 0 saturated heterocycles. The van der Waals surface area contributed by atoms with Gasteiger partial charge in [-0.1, -0.05) is 43.3 Å². The third kappa shape index (κ3) is 6.35. The van der Waals surface area contributed by atoms with Crippen molar-refractivity contribution in [2.75, 3.05) is 12.4 Å². The van der Waals surface area contributed by atoms with E-state index in [0.717, 1.165) is 16.9 Å². The van der Waals surface area contributed by atoms with Crippen molar-refractivity contribution >= 4 is 17.6 Å². The van der Waals surface area contributed by atoms with E-state index in [1.165, 1.54) is 7.11 Å². The molecule has 3 aromatic rings. The van der Waals surface area contributed by atoms with Crippen molar-refractivity contribution < 1.29 is 24.2 Å². The van der Waals surface area contributed by atoms with Crippen molar-refractivity contribution in [3.63, 3.8) is 0 Å². The number of amides is 1. The molecule has 0 bridgehead atoms. The zero-order chi connectivity index (χ0) is 22.9. The Kier molecular flexibility index (Phi) is 7.86. The van der Waals surface area contributed by atoms with Crippen LogP contribution in [0, 0.1) is 5.92 Å². The molecule has 1 amide bonds. The molecule has 0 aromatic heterocycles. The molecule has 0 heterocycles. The minimum atomic E-state index is -0.825. The number of carboxylic acids is 1. The summed E-state index contributed by atoms with van der Waals surface area (Å²) in [6.07, 6.45) is 1.11. The van der Waals surface area contributed by atoms with Crippen LogP contribution in [-0.2, 0) is 22.4 Å². The van der Waals surface area contributed by atoms with E-state index >= 15 is 0 Å². The molecule has 0 spiro atoms. The number of carbonyl (C=O) groups is 2. The van der Waals surface area contributed by atoms with E-state index in [2.05, 4.69) is 5.32 Å². The second-order valence-corrected chi connectivity index (χ2v) is 7.47. The third-order valence-corrected chi connectivity index (χ3v) is 5.13. The highest BCUT2D eigenvalue weighted by Gasteiger charge is 2.17. The van der Waals surface area contributed by atoms with Crippen LogP contribution < -0.4 is 14.8 Å². The zero-order valence-electron chi connectivity index (χ0n) is 18.2. The molecular formula is C26H27NO5. The summed E-state index contributed by atoms with van der Waals surface area (Å²) in [6.45, 7) is 1.85. The number of carboxylic acid groups (broad SMARTS) is 1. The van der Waals surface area contributed by atoms with Crippen molar-refractivity contribution in [2.45, 2.75) is 26.2 Å². The van der Waals surface area contributed by atoms with Crippen molar-refractivity contribution in [1.82, 2.24) is 0 Å². The van der Waals surface area contributed by atoms with Crippen LogP contribution in [0.25, 0.3) is 0 Å². The number of benzene rings is 3. The second-order valence-electron chi connectivity index (χ2n) is 7.47. The summed E-state index contributed by atoms with van der Waals surface area (Å²) in [4.78, 5) is 24.0. The van der Waals surface area contributed by atoms with E-state index in [-0.39, 0.29) is 12.3 Å². The zero-order valence-corrected chi connectivity index (χ0v) is 18.2. The third-order valence-electron chi connectivity index (χ3n) is 5.13. The highest BCUT2D eigenvalue weighted by molar-refractivity contribution is 5.93. The Bertz CT molecular complexity index is 1050. The van der Waals surface area contributed by atoms with Crippen LogP contribution >= 0.6 is 0 Å². The number of methoxy groups -OCH3 is 1. The van der Waals surface area contributed by atoms with E-state index in [9.17, 15) is 14.7 Å². The van der Waals surface area contributed by atoms with Gasteiger partial charge in [-0.15, -0.1) is 0 Å². The summed E-state index contributed by atoms with van der Waals surface area (Å²) in [5.74, 6) is 0.480. The summed E-state index contributed by atoms with van der Waals surface area (Å²) in [6, 6.07) is 22.2. The maximum absolute atomic E-state index is 12.6. The molecule has 6 nitrogen and oxygen atoms in total. The molecule has 3 aromatic carbocycles. The number of nitrogens with one attached hydrogen (secondary N) is 1. The van der Waals surface area contributed by atoms with Crippen LogP contribution in [0.1, 0.15) is 24.5 Å². The van der Waals surface area contributed by atoms with E-state index in [1.807, 2.05) is 67.6 Å². The lowest BCUT2D eigenvalue weighted by Gasteiger charge is -2.14. The van der Waals surface area contributed by atoms with Crippen LogP contribution in [0.15, 0.2) is 72.8 Å². The maximum atomic E-state index is 12.6. The van der Waals surface area contributed by atoms with Crippen molar-refractivity contribution in [3.8, 4) is 17.2 Å². The normalized spacial score (nSPS) is 11.4. The van der Waals surface area contributed by atoms with Crippen LogP contribution in [0.4, 0.5) is 5.69 Å². The largest absolute Gasteiger partial charge is 0.495 e. The van der Waals surface area contributed by atoms with Crippen LogP contribution in [0.2, 0.25) is 0 Å². The van der Waals surface area contributed by atoms with Crippen LogP contribution in [0.5, 0.6) is 17.2 Å². The van der Waals surface area contributed by atoms with Gasteiger partial charge in [-0.3, -0.25) is 9.59 Å². The molecule has 0 fully saturated rings. The first-order valence-corrected chi connectivity index (χ1v) is 10.5. The number of para-hydroxylation sites is 1. The molecule has 1 unspecified atom stereocenters. The van der Waals surface area contributed by atoms with Crippen molar-refractivity contribution in [2.24, 2.45) is 5.92 Å². The van der Waals surface area contributed by atoms with Gasteiger partial charge >= 0.3 is 5.97 Å².